The van der Waals surface area contributed by atoms with E-state index >= 15 is 0 Å². The van der Waals surface area contributed by atoms with E-state index in [1.807, 2.05) is 30.5 Å². The van der Waals surface area contributed by atoms with Gasteiger partial charge in [0.05, 0.1) is 25.5 Å². The van der Waals surface area contributed by atoms with Crippen molar-refractivity contribution in [2.45, 2.75) is 25.2 Å². The number of aromatic nitrogens is 5. The number of methoxy groups -OCH3 is 1. The summed E-state index contributed by atoms with van der Waals surface area (Å²) >= 11 is 1.20. The number of hydrogen-bond acceptors (Lipinski definition) is 8. The third-order valence-corrected chi connectivity index (χ3v) is 6.42. The third-order valence-electron chi connectivity index (χ3n) is 5.67. The van der Waals surface area contributed by atoms with Gasteiger partial charge in [-0.05, 0) is 48.3 Å². The molecule has 1 aliphatic rings. The number of carbonyl (C=O) groups excluding carboxylic acids is 1. The van der Waals surface area contributed by atoms with Crippen LogP contribution in [0.3, 0.4) is 0 Å². The highest BCUT2D eigenvalue weighted by Gasteiger charge is 2.23. The molecule has 0 bridgehead atoms. The molecule has 0 saturated carbocycles. The molecule has 9 nitrogen and oxygen atoms in total. The molecule has 0 aliphatic heterocycles. The van der Waals surface area contributed by atoms with E-state index in [1.165, 1.54) is 22.6 Å². The first-order valence-corrected chi connectivity index (χ1v) is 11.4. The van der Waals surface area contributed by atoms with Gasteiger partial charge in [0.25, 0.3) is 11.1 Å². The molecule has 0 radical (unpaired) electrons. The minimum Gasteiger partial charge on any atom is -0.496 e. The predicted octanol–water partition coefficient (Wildman–Crippen LogP) is 4.08. The lowest BCUT2D eigenvalue weighted by atomic mass is 9.88. The van der Waals surface area contributed by atoms with Gasteiger partial charge in [-0.25, -0.2) is 0 Å². The lowest BCUT2D eigenvalue weighted by molar-refractivity contribution is 0.102. The number of ether oxygens (including phenoxy) is 2. The van der Waals surface area contributed by atoms with E-state index in [0.29, 0.717) is 33.8 Å². The molecular formula is C23H22N6O3S. The maximum atomic E-state index is 13.0. The van der Waals surface area contributed by atoms with E-state index in [2.05, 4.69) is 30.7 Å². The van der Waals surface area contributed by atoms with Crippen LogP contribution in [0, 0.1) is 0 Å². The molecule has 5 rings (SSSR count). The molecule has 1 unspecified atom stereocenters. The lowest BCUT2D eigenvalue weighted by Crippen LogP contribution is -2.15. The normalized spacial score (nSPS) is 15.0. The Hall–Kier alpha value is -3.79. The van der Waals surface area contributed by atoms with E-state index in [4.69, 9.17) is 9.47 Å². The van der Waals surface area contributed by atoms with Gasteiger partial charge in [0, 0.05) is 35.1 Å². The second-order valence-corrected chi connectivity index (χ2v) is 8.59. The number of anilines is 1. The summed E-state index contributed by atoms with van der Waals surface area (Å²) in [5, 5.41) is 19.0. The van der Waals surface area contributed by atoms with Crippen molar-refractivity contribution in [1.29, 1.82) is 0 Å². The number of rotatable bonds is 7. The van der Waals surface area contributed by atoms with Gasteiger partial charge in [-0.2, -0.15) is 5.10 Å². The molecule has 1 aliphatic carbocycles. The molecule has 168 valence electrons. The fourth-order valence-electron chi connectivity index (χ4n) is 4.06. The Kier molecular flexibility index (Phi) is 5.99. The molecule has 1 amide bonds. The van der Waals surface area contributed by atoms with Crippen molar-refractivity contribution in [1.82, 2.24) is 25.4 Å². The summed E-state index contributed by atoms with van der Waals surface area (Å²) in [7, 11) is 1.60. The smallest absolute Gasteiger partial charge is 0.295 e. The number of aromatic amines is 1. The van der Waals surface area contributed by atoms with Gasteiger partial charge in [0.15, 0.2) is 0 Å². The van der Waals surface area contributed by atoms with Crippen molar-refractivity contribution in [3.05, 3.63) is 65.7 Å². The van der Waals surface area contributed by atoms with E-state index in [9.17, 15) is 4.79 Å². The first-order valence-electron chi connectivity index (χ1n) is 10.6. The van der Waals surface area contributed by atoms with Crippen LogP contribution in [0.1, 0.15) is 40.4 Å². The fraction of sp³-hybridized carbons (Fsp3) is 0.261. The van der Waals surface area contributed by atoms with Crippen molar-refractivity contribution < 1.29 is 14.3 Å². The first kappa shape index (κ1) is 21.1. The third kappa shape index (κ3) is 4.42. The zero-order valence-corrected chi connectivity index (χ0v) is 18.8. The van der Waals surface area contributed by atoms with Crippen molar-refractivity contribution in [3.63, 3.8) is 0 Å². The quantitative estimate of drug-likeness (QED) is 0.425. The van der Waals surface area contributed by atoms with Crippen molar-refractivity contribution in [3.8, 4) is 22.1 Å². The number of fused-ring (bicyclic) bond motifs is 1. The molecule has 1 atom stereocenters. The molecule has 3 aromatic heterocycles. The zero-order valence-electron chi connectivity index (χ0n) is 17.9. The molecule has 0 fully saturated rings. The Labute approximate surface area is 194 Å². The van der Waals surface area contributed by atoms with Crippen LogP contribution in [-0.2, 0) is 6.42 Å². The number of nitrogens with one attached hydrogen (secondary N) is 2. The summed E-state index contributed by atoms with van der Waals surface area (Å²) in [6.45, 7) is 0.497. The first-order chi connectivity index (χ1) is 16.2. The maximum absolute atomic E-state index is 13.0. The molecule has 1 aromatic carbocycles. The zero-order chi connectivity index (χ0) is 22.6. The molecule has 2 N–H and O–H groups in total. The van der Waals surface area contributed by atoms with Crippen LogP contribution in [0.4, 0.5) is 5.13 Å². The highest BCUT2D eigenvalue weighted by atomic mass is 32.1. The van der Waals surface area contributed by atoms with Crippen LogP contribution < -0.4 is 14.8 Å². The van der Waals surface area contributed by atoms with Gasteiger partial charge in [-0.3, -0.25) is 20.2 Å². The van der Waals surface area contributed by atoms with Gasteiger partial charge in [0.2, 0.25) is 5.13 Å². The minimum absolute atomic E-state index is 0.273. The second-order valence-electron chi connectivity index (χ2n) is 7.65. The Morgan fingerprint density at radius 3 is 3.03 bits per heavy atom. The Balaban J connectivity index is 1.28. The monoisotopic (exact) mass is 462 g/mol. The molecule has 33 heavy (non-hydrogen) atoms. The summed E-state index contributed by atoms with van der Waals surface area (Å²) in [4.78, 5) is 17.2. The van der Waals surface area contributed by atoms with Gasteiger partial charge in [-0.15, -0.1) is 5.10 Å². The van der Waals surface area contributed by atoms with Gasteiger partial charge in [-0.1, -0.05) is 23.3 Å². The number of benzene rings is 1. The van der Waals surface area contributed by atoms with Crippen LogP contribution >= 0.6 is 11.3 Å². The summed E-state index contributed by atoms with van der Waals surface area (Å²) in [5.41, 5.74) is 4.30. The number of para-hydroxylation sites is 1. The standard InChI is InChI=1S/C23H22N6O3S/c1-31-20-8-3-2-6-15(20)18-11-24-10-9-16(18)21(30)26-22-28-29-23(33-22)32-13-14-5-4-7-19-17(14)12-25-27-19/h2-3,6,8-12,14H,4-5,7,13H2,1H3,(H,25,27)(H,26,28,30). The molecular weight excluding hydrogens is 440 g/mol. The molecule has 4 aromatic rings. The number of H-pyrrole nitrogens is 1. The van der Waals surface area contributed by atoms with Crippen LogP contribution in [-0.4, -0.2) is 45.0 Å². The summed E-state index contributed by atoms with van der Waals surface area (Å²) in [6.07, 6.45) is 8.27. The molecule has 0 spiro atoms. The fourth-order valence-corrected chi connectivity index (χ4v) is 4.66. The Morgan fingerprint density at radius 1 is 1.21 bits per heavy atom. The SMILES string of the molecule is COc1ccccc1-c1cnccc1C(=O)Nc1nnc(OCC2CCCc3[nH]ncc32)s1. The van der Waals surface area contributed by atoms with Crippen molar-refractivity contribution >= 4 is 22.4 Å². The maximum Gasteiger partial charge on any atom is 0.295 e. The second kappa shape index (κ2) is 9.37. The highest BCUT2D eigenvalue weighted by molar-refractivity contribution is 7.17. The van der Waals surface area contributed by atoms with Gasteiger partial charge < -0.3 is 9.47 Å². The topological polar surface area (TPSA) is 115 Å². The van der Waals surface area contributed by atoms with Crippen LogP contribution in [0.5, 0.6) is 10.9 Å². The summed E-state index contributed by atoms with van der Waals surface area (Å²) in [5.74, 6) is 0.626. The van der Waals surface area contributed by atoms with Crippen molar-refractivity contribution in [2.24, 2.45) is 0 Å². The Morgan fingerprint density at radius 2 is 2.12 bits per heavy atom. The average Bonchev–Trinajstić information content (AvgIpc) is 3.52. The molecule has 0 saturated heterocycles. The van der Waals surface area contributed by atoms with E-state index < -0.39 is 0 Å². The van der Waals surface area contributed by atoms with E-state index in [0.717, 1.165) is 24.8 Å². The predicted molar refractivity (Wildman–Crippen MR) is 124 cm³/mol. The van der Waals surface area contributed by atoms with Gasteiger partial charge >= 0.3 is 0 Å². The number of carbonyl (C=O) groups is 1. The van der Waals surface area contributed by atoms with Crippen LogP contribution in [0.25, 0.3) is 11.1 Å². The number of nitrogens with zero attached hydrogens (tertiary/aromatic N) is 4. The summed E-state index contributed by atoms with van der Waals surface area (Å²) < 4.78 is 11.3. The summed E-state index contributed by atoms with van der Waals surface area (Å²) in [6, 6.07) is 9.17. The highest BCUT2D eigenvalue weighted by Crippen LogP contribution is 2.33. The number of aryl methyl sites for hydroxylation is 1. The average molecular weight is 463 g/mol. The van der Waals surface area contributed by atoms with E-state index in [1.54, 1.807) is 25.6 Å². The molecule has 3 heterocycles. The van der Waals surface area contributed by atoms with Crippen LogP contribution in [0.15, 0.2) is 48.9 Å². The minimum atomic E-state index is -0.309. The van der Waals surface area contributed by atoms with Crippen molar-refractivity contribution in [2.75, 3.05) is 19.0 Å². The molecule has 10 heteroatoms. The van der Waals surface area contributed by atoms with E-state index in [-0.39, 0.29) is 11.8 Å². The number of amides is 1. The van der Waals surface area contributed by atoms with Gasteiger partial charge in [0.1, 0.15) is 5.75 Å². The number of hydrogen-bond donors (Lipinski definition) is 2. The largest absolute Gasteiger partial charge is 0.496 e. The van der Waals surface area contributed by atoms with Crippen LogP contribution in [0.2, 0.25) is 0 Å². The Bertz CT molecular complexity index is 1270. The lowest BCUT2D eigenvalue weighted by Gasteiger charge is -2.21. The number of pyridine rings is 1.